The lowest BCUT2D eigenvalue weighted by Crippen LogP contribution is -2.35. The van der Waals surface area contributed by atoms with E-state index in [1.54, 1.807) is 0 Å². The summed E-state index contributed by atoms with van der Waals surface area (Å²) in [5.41, 5.74) is -0.727. The van der Waals surface area contributed by atoms with Crippen molar-refractivity contribution in [2.75, 3.05) is 55.4 Å². The predicted octanol–water partition coefficient (Wildman–Crippen LogP) is 7.64. The molecule has 1 aromatic carbocycles. The molecule has 0 heterocycles. The standard InChI is InChI=1S/2C15H34N.C8H6O4/c2*1-5-6-7-8-9-10-11-12-13-14-15-16(2,3)4;9-7(10)5-3-1-2-4-6(5)8(11)12/h2*5-15H2,1-4H3;1-4H,(H,9,10)(H,11,12)/q2*+1;/p-2. The molecular weight excluding hydrogens is 548 g/mol. The van der Waals surface area contributed by atoms with Gasteiger partial charge in [0.15, 0.2) is 0 Å². The fourth-order valence-corrected chi connectivity index (χ4v) is 4.99. The van der Waals surface area contributed by atoms with Crippen LogP contribution in [0.2, 0.25) is 0 Å². The summed E-state index contributed by atoms with van der Waals surface area (Å²) in [5.74, 6) is -3.04. The lowest BCUT2D eigenvalue weighted by Gasteiger charge is -2.23. The second kappa shape index (κ2) is 28.5. The van der Waals surface area contributed by atoms with Crippen molar-refractivity contribution in [3.63, 3.8) is 0 Å². The van der Waals surface area contributed by atoms with Gasteiger partial charge in [0.2, 0.25) is 0 Å². The van der Waals surface area contributed by atoms with Gasteiger partial charge >= 0.3 is 0 Å². The molecule has 6 nitrogen and oxygen atoms in total. The molecule has 0 saturated heterocycles. The van der Waals surface area contributed by atoms with Crippen LogP contribution < -0.4 is 10.2 Å². The van der Waals surface area contributed by atoms with Crippen LogP contribution in [0.15, 0.2) is 24.3 Å². The van der Waals surface area contributed by atoms with E-state index in [1.165, 1.54) is 154 Å². The Kier molecular flexibility index (Phi) is 28.7. The normalized spacial score (nSPS) is 11.3. The molecule has 6 heteroatoms. The molecule has 44 heavy (non-hydrogen) atoms. The minimum absolute atomic E-state index is 0.363. The summed E-state index contributed by atoms with van der Waals surface area (Å²) in [5, 5.41) is 20.6. The van der Waals surface area contributed by atoms with Crippen molar-refractivity contribution >= 4 is 11.9 Å². The highest BCUT2D eigenvalue weighted by atomic mass is 16.4. The average molecular weight is 621 g/mol. The maximum Gasteiger partial charge on any atom is 0.0780 e. The maximum atomic E-state index is 10.3. The molecule has 0 N–H and O–H groups in total. The smallest absolute Gasteiger partial charge is 0.0780 e. The number of hydrogen-bond donors (Lipinski definition) is 0. The number of aromatic carboxylic acids is 2. The Hall–Kier alpha value is -1.92. The Labute approximate surface area is 273 Å². The van der Waals surface area contributed by atoms with Crippen molar-refractivity contribution in [2.45, 2.75) is 142 Å². The molecule has 0 fully saturated rings. The van der Waals surface area contributed by atoms with Gasteiger partial charge in [-0.25, -0.2) is 0 Å². The van der Waals surface area contributed by atoms with E-state index in [9.17, 15) is 19.8 Å². The lowest BCUT2D eigenvalue weighted by molar-refractivity contribution is -0.870. The third-order valence-corrected chi connectivity index (χ3v) is 7.73. The van der Waals surface area contributed by atoms with Gasteiger partial charge in [-0.05, 0) is 25.7 Å². The second-order valence-electron chi connectivity index (χ2n) is 14.5. The van der Waals surface area contributed by atoms with E-state index < -0.39 is 11.9 Å². The average Bonchev–Trinajstić information content (AvgIpc) is 2.94. The number of quaternary nitrogens is 2. The molecule has 0 saturated carbocycles. The third kappa shape index (κ3) is 33.0. The molecule has 0 radical (unpaired) electrons. The molecule has 1 aromatic rings. The van der Waals surface area contributed by atoms with Crippen LogP contribution in [0.1, 0.15) is 163 Å². The highest BCUT2D eigenvalue weighted by Crippen LogP contribution is 2.12. The number of carbonyl (C=O) groups excluding carboxylic acids is 2. The van der Waals surface area contributed by atoms with Crippen molar-refractivity contribution in [3.05, 3.63) is 35.4 Å². The number of rotatable bonds is 24. The molecule has 258 valence electrons. The Morgan fingerprint density at radius 2 is 0.682 bits per heavy atom. The summed E-state index contributed by atoms with van der Waals surface area (Å²) in [7, 11) is 13.7. The summed E-state index contributed by atoms with van der Waals surface area (Å²) in [6.07, 6.45) is 28.8. The van der Waals surface area contributed by atoms with E-state index in [-0.39, 0.29) is 11.1 Å². The van der Waals surface area contributed by atoms with Crippen LogP contribution in [0.3, 0.4) is 0 Å². The van der Waals surface area contributed by atoms with Crippen LogP contribution in [0.5, 0.6) is 0 Å². The predicted molar refractivity (Wildman–Crippen MR) is 185 cm³/mol. The third-order valence-electron chi connectivity index (χ3n) is 7.73. The van der Waals surface area contributed by atoms with Gasteiger partial charge in [-0.2, -0.15) is 0 Å². The number of hydrogen-bond acceptors (Lipinski definition) is 4. The molecule has 1 rings (SSSR count). The van der Waals surface area contributed by atoms with E-state index >= 15 is 0 Å². The first-order valence-corrected chi connectivity index (χ1v) is 17.9. The van der Waals surface area contributed by atoms with Crippen LogP contribution in [0, 0.1) is 0 Å². The monoisotopic (exact) mass is 621 g/mol. The highest BCUT2D eigenvalue weighted by Gasteiger charge is 2.06. The van der Waals surface area contributed by atoms with Gasteiger partial charge < -0.3 is 28.8 Å². The molecule has 0 aromatic heterocycles. The Balaban J connectivity index is 0. The van der Waals surface area contributed by atoms with Crippen molar-refractivity contribution < 1.29 is 28.8 Å². The topological polar surface area (TPSA) is 80.3 Å². The number of benzene rings is 1. The summed E-state index contributed by atoms with van der Waals surface area (Å²) in [4.78, 5) is 20.6. The Morgan fingerprint density at radius 1 is 0.455 bits per heavy atom. The summed E-state index contributed by atoms with van der Waals surface area (Å²) >= 11 is 0. The van der Waals surface area contributed by atoms with E-state index in [2.05, 4.69) is 56.1 Å². The van der Waals surface area contributed by atoms with E-state index in [0.29, 0.717) is 0 Å². The molecule has 0 aliphatic carbocycles. The first kappa shape index (κ1) is 44.2. The zero-order valence-corrected chi connectivity index (χ0v) is 30.4. The molecule has 0 amide bonds. The van der Waals surface area contributed by atoms with Crippen LogP contribution in [0.25, 0.3) is 0 Å². The van der Waals surface area contributed by atoms with Gasteiger partial charge in [0.1, 0.15) is 0 Å². The second-order valence-corrected chi connectivity index (χ2v) is 14.5. The van der Waals surface area contributed by atoms with Gasteiger partial charge in [0.25, 0.3) is 0 Å². The summed E-state index contributed by atoms with van der Waals surface area (Å²) < 4.78 is 2.24. The molecular formula is C38H72N2O4. The largest absolute Gasteiger partial charge is 0.545 e. The van der Waals surface area contributed by atoms with Crippen LogP contribution in [-0.2, 0) is 0 Å². The van der Waals surface area contributed by atoms with Gasteiger partial charge in [0, 0.05) is 11.1 Å². The highest BCUT2D eigenvalue weighted by molar-refractivity contribution is 5.99. The summed E-state index contributed by atoms with van der Waals surface area (Å²) in [6.45, 7) is 7.23. The van der Waals surface area contributed by atoms with Crippen LogP contribution in [-0.4, -0.2) is 76.3 Å². The Bertz CT molecular complexity index is 745. The fourth-order valence-electron chi connectivity index (χ4n) is 4.99. The van der Waals surface area contributed by atoms with Crippen LogP contribution in [0.4, 0.5) is 0 Å². The first-order chi connectivity index (χ1) is 20.7. The van der Waals surface area contributed by atoms with Gasteiger partial charge in [0.05, 0.1) is 67.3 Å². The number of carbonyl (C=O) groups is 2. The lowest BCUT2D eigenvalue weighted by atomic mass is 10.1. The Morgan fingerprint density at radius 3 is 0.886 bits per heavy atom. The van der Waals surface area contributed by atoms with Crippen LogP contribution >= 0.6 is 0 Å². The molecule has 0 aliphatic heterocycles. The number of carboxylic acids is 2. The number of nitrogens with zero attached hydrogens (tertiary/aromatic N) is 2. The van der Waals surface area contributed by atoms with E-state index in [0.717, 1.165) is 21.1 Å². The fraction of sp³-hybridized carbons (Fsp3) is 0.789. The SMILES string of the molecule is CCCCCCCCCCCC[N+](C)(C)C.CCCCCCCCCCCC[N+](C)(C)C.O=C([O-])c1ccccc1C(=O)[O-]. The van der Waals surface area contributed by atoms with Crippen molar-refractivity contribution in [1.29, 1.82) is 0 Å². The number of unbranched alkanes of at least 4 members (excludes halogenated alkanes) is 18. The van der Waals surface area contributed by atoms with E-state index in [1.807, 2.05) is 0 Å². The van der Waals surface area contributed by atoms with E-state index in [4.69, 9.17) is 0 Å². The molecule has 0 aliphatic rings. The maximum absolute atomic E-state index is 10.3. The zero-order chi connectivity index (χ0) is 33.7. The van der Waals surface area contributed by atoms with Crippen molar-refractivity contribution in [2.24, 2.45) is 0 Å². The van der Waals surface area contributed by atoms with Gasteiger partial charge in [-0.15, -0.1) is 0 Å². The molecule has 0 atom stereocenters. The minimum atomic E-state index is -1.52. The van der Waals surface area contributed by atoms with Crippen molar-refractivity contribution in [1.82, 2.24) is 0 Å². The molecule has 0 unspecified atom stereocenters. The molecule has 0 bridgehead atoms. The zero-order valence-electron chi connectivity index (χ0n) is 30.4. The quantitative estimate of drug-likeness (QED) is 0.0879. The first-order valence-electron chi connectivity index (χ1n) is 17.9. The van der Waals surface area contributed by atoms with Gasteiger partial charge in [-0.3, -0.25) is 0 Å². The number of carboxylic acid groups (broad SMARTS) is 2. The molecule has 0 spiro atoms. The summed E-state index contributed by atoms with van der Waals surface area (Å²) in [6, 6.07) is 5.14. The van der Waals surface area contributed by atoms with Crippen molar-refractivity contribution in [3.8, 4) is 0 Å². The van der Waals surface area contributed by atoms with Gasteiger partial charge in [-0.1, -0.05) is 141 Å². The minimum Gasteiger partial charge on any atom is -0.545 e.